The molecule has 1 heterocycles. The highest BCUT2D eigenvalue weighted by atomic mass is 35.5. The van der Waals surface area contributed by atoms with Gasteiger partial charge in [-0.2, -0.15) is 8.42 Å². The number of fused-ring (bicyclic) bond motifs is 1. The summed E-state index contributed by atoms with van der Waals surface area (Å²) in [4.78, 5) is 14.3. The minimum absolute atomic E-state index is 0.0241. The van der Waals surface area contributed by atoms with E-state index >= 15 is 0 Å². The van der Waals surface area contributed by atoms with Crippen LogP contribution in [-0.4, -0.2) is 57.4 Å². The number of aliphatic hydroxyl groups is 1. The van der Waals surface area contributed by atoms with E-state index in [0.29, 0.717) is 17.7 Å². The highest BCUT2D eigenvalue weighted by Crippen LogP contribution is 2.43. The Balaban J connectivity index is 2.05. The van der Waals surface area contributed by atoms with Crippen molar-refractivity contribution in [1.82, 2.24) is 4.90 Å². The fraction of sp³-hybridized carbons (Fsp3) is 0.263. The number of nitrogens with zero attached hydrogens (tertiary/aromatic N) is 2. The monoisotopic (exact) mass is 490 g/mol. The van der Waals surface area contributed by atoms with Crippen LogP contribution in [-0.2, 0) is 16.4 Å². The molecular weight excluding hydrogens is 475 g/mol. The Bertz CT molecular complexity index is 1150. The molecule has 1 N–H and O–H groups in total. The highest BCUT2D eigenvalue weighted by Gasteiger charge is 2.30. The second-order valence-electron chi connectivity index (χ2n) is 6.80. The molecule has 0 saturated carbocycles. The number of ketones is 1. The summed E-state index contributed by atoms with van der Waals surface area (Å²) < 4.78 is 34.1. The average Bonchev–Trinajstić information content (AvgIpc) is 3.12. The Hall–Kier alpha value is -1.84. The van der Waals surface area contributed by atoms with Gasteiger partial charge in [0.2, 0.25) is 0 Å². The lowest BCUT2D eigenvalue weighted by Gasteiger charge is -2.11. The van der Waals surface area contributed by atoms with Gasteiger partial charge in [0.25, 0.3) is 10.0 Å². The van der Waals surface area contributed by atoms with Gasteiger partial charge in [0.05, 0.1) is 16.7 Å². The van der Waals surface area contributed by atoms with Crippen LogP contribution < -0.4 is 4.74 Å². The van der Waals surface area contributed by atoms with Gasteiger partial charge in [-0.15, -0.1) is 4.40 Å². The summed E-state index contributed by atoms with van der Waals surface area (Å²) in [5.41, 5.74) is 0.767. The van der Waals surface area contributed by atoms with E-state index in [9.17, 15) is 18.3 Å². The maximum absolute atomic E-state index is 13.1. The molecule has 0 aliphatic carbocycles. The molecule has 0 saturated heterocycles. The largest absolute Gasteiger partial charge is 0.486 e. The van der Waals surface area contributed by atoms with Gasteiger partial charge in [-0.1, -0.05) is 34.8 Å². The van der Waals surface area contributed by atoms with Crippen molar-refractivity contribution in [1.29, 1.82) is 0 Å². The van der Waals surface area contributed by atoms with Gasteiger partial charge < -0.3 is 14.7 Å². The molecular formula is C19H17Cl3N2O5S. The predicted octanol–water partition coefficient (Wildman–Crippen LogP) is 3.45. The van der Waals surface area contributed by atoms with Crippen LogP contribution in [0.3, 0.4) is 0 Å². The minimum atomic E-state index is -4.13. The van der Waals surface area contributed by atoms with Crippen LogP contribution in [0.15, 0.2) is 33.6 Å². The van der Waals surface area contributed by atoms with E-state index in [1.807, 2.05) is 0 Å². The molecule has 2 aromatic carbocycles. The predicted molar refractivity (Wildman–Crippen MR) is 116 cm³/mol. The van der Waals surface area contributed by atoms with E-state index in [0.717, 1.165) is 12.4 Å². The molecule has 30 heavy (non-hydrogen) atoms. The van der Waals surface area contributed by atoms with Crippen molar-refractivity contribution >= 4 is 56.9 Å². The van der Waals surface area contributed by atoms with E-state index in [2.05, 4.69) is 4.40 Å². The number of carbonyl (C=O) groups excluding carboxylic acids is 1. The first-order valence-corrected chi connectivity index (χ1v) is 11.2. The van der Waals surface area contributed by atoms with Crippen molar-refractivity contribution in [3.8, 4) is 5.75 Å². The first-order chi connectivity index (χ1) is 14.0. The van der Waals surface area contributed by atoms with Crippen LogP contribution in [0.1, 0.15) is 21.5 Å². The molecule has 0 fully saturated rings. The van der Waals surface area contributed by atoms with E-state index in [1.54, 1.807) is 14.1 Å². The Morgan fingerprint density at radius 2 is 1.97 bits per heavy atom. The van der Waals surface area contributed by atoms with Gasteiger partial charge in [0.15, 0.2) is 5.78 Å². The van der Waals surface area contributed by atoms with Crippen molar-refractivity contribution in [2.75, 3.05) is 20.7 Å². The van der Waals surface area contributed by atoms with E-state index in [1.165, 1.54) is 23.1 Å². The number of halogens is 3. The molecule has 0 radical (unpaired) electrons. The van der Waals surface area contributed by atoms with Crippen LogP contribution in [0, 0.1) is 0 Å². The Kier molecular flexibility index (Phi) is 6.64. The van der Waals surface area contributed by atoms with Crippen LogP contribution >= 0.6 is 34.8 Å². The van der Waals surface area contributed by atoms with Gasteiger partial charge in [0, 0.05) is 37.2 Å². The summed E-state index contributed by atoms with van der Waals surface area (Å²) in [6, 6.07) is 5.39. The number of sulfonamides is 1. The summed E-state index contributed by atoms with van der Waals surface area (Å²) in [5.74, 6) is -0.212. The number of benzene rings is 2. The lowest BCUT2D eigenvalue weighted by Crippen LogP contribution is -2.17. The second kappa shape index (κ2) is 8.72. The van der Waals surface area contributed by atoms with Gasteiger partial charge >= 0.3 is 0 Å². The zero-order valence-corrected chi connectivity index (χ0v) is 19.0. The molecule has 1 unspecified atom stereocenters. The summed E-state index contributed by atoms with van der Waals surface area (Å²) >= 11 is 18.6. The maximum Gasteiger partial charge on any atom is 0.285 e. The van der Waals surface area contributed by atoms with Crippen molar-refractivity contribution < 1.29 is 23.1 Å². The summed E-state index contributed by atoms with van der Waals surface area (Å²) in [5, 5.41) is 9.28. The lowest BCUT2D eigenvalue weighted by molar-refractivity contribution is 0.103. The Labute approximate surface area is 188 Å². The topological polar surface area (TPSA) is 96.3 Å². The SMILES string of the molecule is CN(C)C=NS(=O)(=O)c1cc(C(=O)c2cc3c(c(Cl)c2Cl)OC(CO)C3)ccc1Cl. The summed E-state index contributed by atoms with van der Waals surface area (Å²) in [6.07, 6.45) is 1.01. The molecule has 11 heteroatoms. The second-order valence-corrected chi connectivity index (χ2v) is 9.56. The van der Waals surface area contributed by atoms with E-state index in [4.69, 9.17) is 39.5 Å². The van der Waals surface area contributed by atoms with Crippen LogP contribution in [0.25, 0.3) is 0 Å². The van der Waals surface area contributed by atoms with Crippen molar-refractivity contribution in [2.45, 2.75) is 17.4 Å². The van der Waals surface area contributed by atoms with Gasteiger partial charge in [-0.05, 0) is 24.3 Å². The molecule has 0 aromatic heterocycles. The zero-order chi connectivity index (χ0) is 22.2. The molecule has 1 aliphatic rings. The third-order valence-corrected chi connectivity index (χ3v) is 6.86. The first kappa shape index (κ1) is 22.8. The molecule has 2 aromatic rings. The summed E-state index contributed by atoms with van der Waals surface area (Å²) in [6.45, 7) is -0.211. The third-order valence-electron chi connectivity index (χ3n) is 4.31. The minimum Gasteiger partial charge on any atom is -0.486 e. The molecule has 0 bridgehead atoms. The number of aliphatic hydroxyl groups excluding tert-OH is 1. The molecule has 160 valence electrons. The van der Waals surface area contributed by atoms with Crippen molar-refractivity contribution in [3.63, 3.8) is 0 Å². The number of carbonyl (C=O) groups is 1. The van der Waals surface area contributed by atoms with Crippen LogP contribution in [0.4, 0.5) is 0 Å². The van der Waals surface area contributed by atoms with Gasteiger partial charge in [-0.25, -0.2) is 0 Å². The highest BCUT2D eigenvalue weighted by molar-refractivity contribution is 7.90. The molecule has 3 rings (SSSR count). The maximum atomic E-state index is 13.1. The van der Waals surface area contributed by atoms with Crippen molar-refractivity contribution in [3.05, 3.63) is 56.0 Å². The zero-order valence-electron chi connectivity index (χ0n) is 15.9. The summed E-state index contributed by atoms with van der Waals surface area (Å²) in [7, 11) is -0.893. The number of hydrogen-bond acceptors (Lipinski definition) is 5. The standard InChI is InChI=1S/C19H17Cl3N2O5S/c1-24(2)9-23-30(27,28)15-7-10(3-4-14(15)20)18(26)13-6-11-5-12(8-25)29-19(11)17(22)16(13)21/h3-4,6-7,9,12,25H,5,8H2,1-2H3. The molecule has 0 amide bonds. The number of ether oxygens (including phenoxy) is 1. The average molecular weight is 492 g/mol. The smallest absolute Gasteiger partial charge is 0.285 e. The lowest BCUT2D eigenvalue weighted by atomic mass is 9.99. The first-order valence-electron chi connectivity index (χ1n) is 8.64. The van der Waals surface area contributed by atoms with E-state index in [-0.39, 0.29) is 37.7 Å². The third kappa shape index (κ3) is 4.43. The van der Waals surface area contributed by atoms with Gasteiger partial charge in [-0.3, -0.25) is 4.79 Å². The van der Waals surface area contributed by atoms with E-state index < -0.39 is 21.9 Å². The molecule has 7 nitrogen and oxygen atoms in total. The molecule has 1 aliphatic heterocycles. The van der Waals surface area contributed by atoms with Crippen molar-refractivity contribution in [2.24, 2.45) is 4.40 Å². The molecule has 1 atom stereocenters. The Morgan fingerprint density at radius 1 is 1.27 bits per heavy atom. The fourth-order valence-corrected chi connectivity index (χ4v) is 4.79. The quantitative estimate of drug-likeness (QED) is 0.378. The Morgan fingerprint density at radius 3 is 2.60 bits per heavy atom. The normalized spacial score (nSPS) is 15.9. The van der Waals surface area contributed by atoms with Gasteiger partial charge in [0.1, 0.15) is 28.1 Å². The van der Waals surface area contributed by atoms with Crippen LogP contribution in [0.2, 0.25) is 15.1 Å². The fourth-order valence-electron chi connectivity index (χ4n) is 2.87. The molecule has 0 spiro atoms. The number of hydrogen-bond donors (Lipinski definition) is 1. The number of rotatable bonds is 6. The van der Waals surface area contributed by atoms with Crippen LogP contribution in [0.5, 0.6) is 5.75 Å².